The molecule has 1 unspecified atom stereocenters. The molecule has 1 aliphatic rings. The zero-order valence-electron chi connectivity index (χ0n) is 23.1. The molecule has 37 heavy (non-hydrogen) atoms. The van der Waals surface area contributed by atoms with Crippen LogP contribution in [0, 0.1) is 5.82 Å². The number of aromatic nitrogens is 1. The number of anilines is 1. The van der Waals surface area contributed by atoms with Gasteiger partial charge >= 0.3 is 0 Å². The van der Waals surface area contributed by atoms with E-state index in [2.05, 4.69) is 74.5 Å². The van der Waals surface area contributed by atoms with Gasteiger partial charge in [-0.3, -0.25) is 0 Å². The van der Waals surface area contributed by atoms with Crippen molar-refractivity contribution < 1.29 is 9.13 Å². The lowest BCUT2D eigenvalue weighted by Crippen LogP contribution is -2.32. The molecule has 0 saturated heterocycles. The molecule has 0 spiro atoms. The lowest BCUT2D eigenvalue weighted by molar-refractivity contribution is 0.379. The van der Waals surface area contributed by atoms with E-state index in [1.165, 1.54) is 34.6 Å². The Bertz CT molecular complexity index is 1000. The summed E-state index contributed by atoms with van der Waals surface area (Å²) in [4.78, 5) is 4.13. The van der Waals surface area contributed by atoms with E-state index in [-0.39, 0.29) is 11.9 Å². The highest BCUT2D eigenvalue weighted by atomic mass is 32.2. The minimum absolute atomic E-state index is 0.0305. The summed E-state index contributed by atoms with van der Waals surface area (Å²) >= 11 is 1.84. The Labute approximate surface area is 227 Å². The Kier molecular flexibility index (Phi) is 14.6. The molecule has 6 heteroatoms. The van der Waals surface area contributed by atoms with E-state index in [1.54, 1.807) is 24.8 Å². The van der Waals surface area contributed by atoms with Crippen molar-refractivity contribution in [2.75, 3.05) is 16.8 Å². The third-order valence-electron chi connectivity index (χ3n) is 6.00. The summed E-state index contributed by atoms with van der Waals surface area (Å²) in [7, 11) is 0. The average Bonchev–Trinajstić information content (AvgIpc) is 2.87. The molecule has 0 amide bonds. The Hall–Kier alpha value is -2.73. The lowest BCUT2D eigenvalue weighted by Gasteiger charge is -2.23. The molecule has 0 fully saturated rings. The van der Waals surface area contributed by atoms with E-state index in [9.17, 15) is 4.39 Å². The lowest BCUT2D eigenvalue weighted by atomic mass is 10.0. The number of rotatable bonds is 16. The van der Waals surface area contributed by atoms with E-state index in [0.717, 1.165) is 55.7 Å². The number of hydrogen-bond acceptors (Lipinski definition) is 5. The van der Waals surface area contributed by atoms with Crippen molar-refractivity contribution in [2.24, 2.45) is 0 Å². The van der Waals surface area contributed by atoms with Crippen molar-refractivity contribution in [1.29, 1.82) is 0 Å². The van der Waals surface area contributed by atoms with Gasteiger partial charge in [0.15, 0.2) is 0 Å². The van der Waals surface area contributed by atoms with Gasteiger partial charge in [0, 0.05) is 17.7 Å². The summed E-state index contributed by atoms with van der Waals surface area (Å²) in [6, 6.07) is 3.03. The monoisotopic (exact) mass is 525 g/mol. The highest BCUT2D eigenvalue weighted by Gasteiger charge is 2.16. The first kappa shape index (κ1) is 30.5. The minimum atomic E-state index is -0.346. The Morgan fingerprint density at radius 2 is 1.62 bits per heavy atom. The number of hydrogen-bond donors (Lipinski definition) is 2. The van der Waals surface area contributed by atoms with Gasteiger partial charge in [0.1, 0.15) is 24.2 Å². The van der Waals surface area contributed by atoms with E-state index >= 15 is 0 Å². The van der Waals surface area contributed by atoms with Gasteiger partial charge in [-0.15, -0.1) is 0 Å². The molecule has 0 bridgehead atoms. The van der Waals surface area contributed by atoms with Gasteiger partial charge in [-0.05, 0) is 85.3 Å². The first-order chi connectivity index (χ1) is 17.8. The number of thioether (sulfide) groups is 1. The first-order valence-corrected chi connectivity index (χ1v) is 14.3. The molecule has 0 radical (unpaired) electrons. The van der Waals surface area contributed by atoms with Crippen LogP contribution in [0.1, 0.15) is 73.1 Å². The molecule has 0 aliphatic carbocycles. The number of nitrogens with zero attached hydrogens (tertiary/aromatic N) is 1. The van der Waals surface area contributed by atoms with Gasteiger partial charge in [-0.25, -0.2) is 9.37 Å². The summed E-state index contributed by atoms with van der Waals surface area (Å²) in [5.74, 6) is 2.04. The molecule has 0 aromatic carbocycles. The summed E-state index contributed by atoms with van der Waals surface area (Å²) in [5, 5.41) is 6.59. The first-order valence-electron chi connectivity index (χ1n) is 13.2. The van der Waals surface area contributed by atoms with Crippen LogP contribution in [-0.2, 0) is 4.74 Å². The maximum atomic E-state index is 13.2. The van der Waals surface area contributed by atoms with Crippen molar-refractivity contribution in [3.63, 3.8) is 0 Å². The minimum Gasteiger partial charge on any atom is -0.469 e. The maximum absolute atomic E-state index is 13.2. The van der Waals surface area contributed by atoms with Gasteiger partial charge in [-0.2, -0.15) is 11.8 Å². The third kappa shape index (κ3) is 14.0. The van der Waals surface area contributed by atoms with Gasteiger partial charge in [0.05, 0.1) is 17.9 Å². The molecular formula is C31H44FN3OS. The topological polar surface area (TPSA) is 46.2 Å². The molecule has 2 heterocycles. The number of allylic oxidation sites excluding steroid dienone is 7. The van der Waals surface area contributed by atoms with Crippen molar-refractivity contribution in [3.05, 3.63) is 95.2 Å². The zero-order chi connectivity index (χ0) is 26.9. The molecular weight excluding hydrogens is 481 g/mol. The van der Waals surface area contributed by atoms with Gasteiger partial charge in [0.25, 0.3) is 0 Å². The number of nitrogens with one attached hydrogen (secondary N) is 2. The average molecular weight is 526 g/mol. The highest BCUT2D eigenvalue weighted by molar-refractivity contribution is 7.99. The molecule has 2 N–H and O–H groups in total. The van der Waals surface area contributed by atoms with E-state index < -0.39 is 0 Å². The number of ether oxygens (including phenoxy) is 1. The van der Waals surface area contributed by atoms with E-state index in [0.29, 0.717) is 5.82 Å². The highest BCUT2D eigenvalue weighted by Crippen LogP contribution is 2.18. The fourth-order valence-corrected chi connectivity index (χ4v) is 4.76. The fourth-order valence-electron chi connectivity index (χ4n) is 3.72. The second-order valence-corrected chi connectivity index (χ2v) is 10.9. The van der Waals surface area contributed by atoms with Crippen LogP contribution in [0.4, 0.5) is 10.2 Å². The summed E-state index contributed by atoms with van der Waals surface area (Å²) in [6.45, 7) is 11.0. The smallest absolute Gasteiger partial charge is 0.141 e. The summed E-state index contributed by atoms with van der Waals surface area (Å²) in [5.41, 5.74) is 6.70. The molecule has 1 aromatic heterocycles. The molecule has 202 valence electrons. The molecule has 1 atom stereocenters. The Balaban J connectivity index is 1.71. The van der Waals surface area contributed by atoms with Gasteiger partial charge < -0.3 is 15.4 Å². The molecule has 4 nitrogen and oxygen atoms in total. The second kappa shape index (κ2) is 17.7. The Morgan fingerprint density at radius 3 is 2.19 bits per heavy atom. The number of pyridine rings is 1. The zero-order valence-corrected chi connectivity index (χ0v) is 24.0. The van der Waals surface area contributed by atoms with E-state index in [4.69, 9.17) is 4.74 Å². The normalized spacial score (nSPS) is 15.0. The van der Waals surface area contributed by atoms with Crippen LogP contribution in [0.25, 0.3) is 0 Å². The predicted octanol–water partition coefficient (Wildman–Crippen LogP) is 8.81. The second-order valence-electron chi connectivity index (χ2n) is 9.80. The van der Waals surface area contributed by atoms with Crippen LogP contribution in [0.15, 0.2) is 89.3 Å². The van der Waals surface area contributed by atoms with Crippen LogP contribution >= 0.6 is 11.8 Å². The fraction of sp³-hybridized carbons (Fsp3) is 0.452. The number of halogens is 1. The van der Waals surface area contributed by atoms with Crippen LogP contribution < -0.4 is 10.6 Å². The van der Waals surface area contributed by atoms with Crippen molar-refractivity contribution in [1.82, 2.24) is 10.3 Å². The molecule has 2 rings (SSSR count). The maximum Gasteiger partial charge on any atom is 0.141 e. The van der Waals surface area contributed by atoms with E-state index in [1.807, 2.05) is 11.8 Å². The summed E-state index contributed by atoms with van der Waals surface area (Å²) in [6.07, 6.45) is 22.4. The van der Waals surface area contributed by atoms with Crippen LogP contribution in [0.2, 0.25) is 0 Å². The molecule has 1 aromatic rings. The van der Waals surface area contributed by atoms with Crippen molar-refractivity contribution in [2.45, 2.75) is 79.2 Å². The molecule has 1 aliphatic heterocycles. The SMILES string of the molecule is CC(C)=CCC/C(C)=C/CC/C(C)=C/CC/C(C)=C/CSCC(Nc1ccc(F)cn1)C1=COC=CN1. The van der Waals surface area contributed by atoms with Crippen LogP contribution in [0.5, 0.6) is 0 Å². The van der Waals surface area contributed by atoms with Crippen LogP contribution in [-0.4, -0.2) is 22.5 Å². The van der Waals surface area contributed by atoms with Crippen molar-refractivity contribution in [3.8, 4) is 0 Å². The van der Waals surface area contributed by atoms with Crippen LogP contribution in [0.3, 0.4) is 0 Å². The van der Waals surface area contributed by atoms with Gasteiger partial charge in [0.2, 0.25) is 0 Å². The molecule has 0 saturated carbocycles. The summed E-state index contributed by atoms with van der Waals surface area (Å²) < 4.78 is 18.5. The quantitative estimate of drug-likeness (QED) is 0.167. The standard InChI is InChI=1S/C31H44FN3OS/c1-24(2)9-6-10-25(3)11-7-12-26(4)13-8-14-27(5)17-20-37-23-30(29-22-36-19-18-33-29)35-31-16-15-28(32)21-34-31/h9,11,13,15-19,21-22,30,33H,6-8,10,12,14,20,23H2,1-5H3,(H,34,35)/b25-11+,26-13+,27-17+. The predicted molar refractivity (Wildman–Crippen MR) is 159 cm³/mol. The third-order valence-corrected chi connectivity index (χ3v) is 6.98. The van der Waals surface area contributed by atoms with Gasteiger partial charge in [-0.1, -0.05) is 46.6 Å². The largest absolute Gasteiger partial charge is 0.469 e. The Morgan fingerprint density at radius 1 is 0.973 bits per heavy atom. The van der Waals surface area contributed by atoms with Crippen molar-refractivity contribution >= 4 is 17.6 Å².